The number of halogens is 1. The van der Waals surface area contributed by atoms with E-state index in [1.807, 2.05) is 0 Å². The summed E-state index contributed by atoms with van der Waals surface area (Å²) < 4.78 is -0.0312. The molecular formula is C19H16ISb. The van der Waals surface area contributed by atoms with Crippen LogP contribution in [-0.4, -0.2) is 23.0 Å². The van der Waals surface area contributed by atoms with Crippen molar-refractivity contribution in [2.75, 3.05) is 0 Å². The molecule has 0 aromatic heterocycles. The van der Waals surface area contributed by atoms with Gasteiger partial charge < -0.3 is 24.0 Å². The van der Waals surface area contributed by atoms with Gasteiger partial charge in [-0.1, -0.05) is 0 Å². The van der Waals surface area contributed by atoms with Crippen LogP contribution in [0.4, 0.5) is 0 Å². The zero-order chi connectivity index (χ0) is 13.8. The quantitative estimate of drug-likeness (QED) is 0.289. The monoisotopic (exact) mass is 492 g/mol. The molecule has 21 heavy (non-hydrogen) atoms. The Morgan fingerprint density at radius 3 is 0.952 bits per heavy atom. The summed E-state index contributed by atoms with van der Waals surface area (Å²) in [6.45, 7) is 0. The maximum absolute atomic E-state index is 2.23. The van der Waals surface area contributed by atoms with Gasteiger partial charge in [-0.3, -0.25) is 0 Å². The molecule has 0 saturated carbocycles. The van der Waals surface area contributed by atoms with Gasteiger partial charge in [0.25, 0.3) is 0 Å². The molecule has 0 fully saturated rings. The number of rotatable bonds is 3. The molecule has 2 heteroatoms. The van der Waals surface area contributed by atoms with Gasteiger partial charge in [0.15, 0.2) is 0 Å². The summed E-state index contributed by atoms with van der Waals surface area (Å²) >= 11 is 1.48. The second-order valence-electron chi connectivity index (χ2n) is 4.85. The number of benzene rings is 3. The minimum atomic E-state index is -0.0312. The van der Waals surface area contributed by atoms with Crippen LogP contribution in [0.3, 0.4) is 0 Å². The molecule has 0 unspecified atom stereocenters. The minimum absolute atomic E-state index is 0. The topological polar surface area (TPSA) is 0 Å². The Bertz CT molecular complexity index is 569. The zero-order valence-electron chi connectivity index (χ0n) is 11.5. The normalized spacial score (nSPS) is 10.7. The molecule has 0 bridgehead atoms. The Hall–Kier alpha value is -0.792. The Labute approximate surface area is 157 Å². The molecule has 0 aliphatic heterocycles. The van der Waals surface area contributed by atoms with Crippen molar-refractivity contribution in [2.24, 2.45) is 0 Å². The Balaban J connectivity index is 0.00000161. The summed E-state index contributed by atoms with van der Waals surface area (Å²) in [6, 6.07) is 32.4. The fraction of sp³-hybridized carbons (Fsp3) is 0.0526. The predicted molar refractivity (Wildman–Crippen MR) is 86.4 cm³/mol. The van der Waals surface area contributed by atoms with Crippen LogP contribution in [0.5, 0.6) is 0 Å². The molecule has 3 aromatic rings. The van der Waals surface area contributed by atoms with Crippen LogP contribution in [0.2, 0.25) is 0 Å². The third-order valence-electron chi connectivity index (χ3n) is 3.62. The molecule has 0 amide bonds. The van der Waals surface area contributed by atoms with E-state index < -0.39 is 0 Å². The van der Waals surface area contributed by atoms with Crippen molar-refractivity contribution in [3.63, 3.8) is 0 Å². The third-order valence-corrected chi connectivity index (χ3v) is 6.09. The fourth-order valence-corrected chi connectivity index (χ4v) is 3.99. The predicted octanol–water partition coefficient (Wildman–Crippen LogP) is 0.883. The maximum atomic E-state index is 2.23. The molecule has 0 spiro atoms. The summed E-state index contributed by atoms with van der Waals surface area (Å²) in [5, 5.41) is 0. The van der Waals surface area contributed by atoms with E-state index in [0.29, 0.717) is 0 Å². The van der Waals surface area contributed by atoms with E-state index in [4.69, 9.17) is 0 Å². The Morgan fingerprint density at radius 1 is 0.476 bits per heavy atom. The van der Waals surface area contributed by atoms with Gasteiger partial charge in [-0.25, -0.2) is 0 Å². The summed E-state index contributed by atoms with van der Waals surface area (Å²) in [6.07, 6.45) is 0. The summed E-state index contributed by atoms with van der Waals surface area (Å²) in [4.78, 5) is 0. The van der Waals surface area contributed by atoms with Gasteiger partial charge in [-0.2, -0.15) is 0 Å². The molecule has 0 N–H and O–H groups in total. The number of hydrogen-bond acceptors (Lipinski definition) is 0. The van der Waals surface area contributed by atoms with Crippen LogP contribution in [-0.2, 0) is 3.36 Å². The molecule has 0 aliphatic rings. The van der Waals surface area contributed by atoms with E-state index in [1.165, 1.54) is 39.7 Å². The van der Waals surface area contributed by atoms with Crippen molar-refractivity contribution < 1.29 is 24.0 Å². The SMILES string of the molecule is [I-].[SbH+][C](c1ccccc1)(c1ccccc1)c1ccccc1. The molecule has 0 saturated heterocycles. The van der Waals surface area contributed by atoms with Crippen molar-refractivity contribution in [3.8, 4) is 0 Å². The van der Waals surface area contributed by atoms with Crippen molar-refractivity contribution >= 4 is 23.0 Å². The molecule has 104 valence electrons. The van der Waals surface area contributed by atoms with Crippen molar-refractivity contribution in [1.29, 1.82) is 0 Å². The molecular weight excluding hydrogens is 477 g/mol. The van der Waals surface area contributed by atoms with Gasteiger partial charge in [0.05, 0.1) is 0 Å². The van der Waals surface area contributed by atoms with Gasteiger partial charge in [0.2, 0.25) is 0 Å². The van der Waals surface area contributed by atoms with Gasteiger partial charge in [0, 0.05) is 0 Å². The Kier molecular flexibility index (Phi) is 5.89. The van der Waals surface area contributed by atoms with Crippen LogP contribution in [0.25, 0.3) is 0 Å². The van der Waals surface area contributed by atoms with Crippen LogP contribution >= 0.6 is 0 Å². The van der Waals surface area contributed by atoms with Gasteiger partial charge in [-0.15, -0.1) is 0 Å². The molecule has 2 radical (unpaired) electrons. The van der Waals surface area contributed by atoms with E-state index in [1.54, 1.807) is 0 Å². The van der Waals surface area contributed by atoms with E-state index >= 15 is 0 Å². The van der Waals surface area contributed by atoms with E-state index in [9.17, 15) is 0 Å². The summed E-state index contributed by atoms with van der Waals surface area (Å²) in [5.41, 5.74) is 4.07. The van der Waals surface area contributed by atoms with Crippen LogP contribution in [0.1, 0.15) is 16.7 Å². The fourth-order valence-electron chi connectivity index (χ4n) is 2.56. The van der Waals surface area contributed by atoms with E-state index in [2.05, 4.69) is 91.0 Å². The second kappa shape index (κ2) is 7.46. The van der Waals surface area contributed by atoms with E-state index in [0.717, 1.165) is 0 Å². The molecule has 0 nitrogen and oxygen atoms in total. The summed E-state index contributed by atoms with van der Waals surface area (Å²) in [7, 11) is 0. The van der Waals surface area contributed by atoms with Crippen molar-refractivity contribution in [2.45, 2.75) is 3.36 Å². The second-order valence-corrected chi connectivity index (χ2v) is 6.99. The first-order valence-corrected chi connectivity index (χ1v) is 8.16. The molecule has 3 aromatic carbocycles. The van der Waals surface area contributed by atoms with Gasteiger partial charge in [-0.05, 0) is 0 Å². The van der Waals surface area contributed by atoms with Crippen LogP contribution < -0.4 is 24.0 Å². The first-order valence-electron chi connectivity index (χ1n) is 6.73. The van der Waals surface area contributed by atoms with E-state index in [-0.39, 0.29) is 27.3 Å². The molecule has 3 rings (SSSR count). The molecule has 0 heterocycles. The van der Waals surface area contributed by atoms with Gasteiger partial charge >= 0.3 is 134 Å². The zero-order valence-corrected chi connectivity index (χ0v) is 16.5. The first-order chi connectivity index (χ1) is 9.82. The first kappa shape index (κ1) is 16.6. The average Bonchev–Trinajstić information content (AvgIpc) is 2.56. The Morgan fingerprint density at radius 2 is 0.714 bits per heavy atom. The standard InChI is InChI=1S/C19H15.HI.Sb.H/c1-4-10-16(11-5-1)19(17-12-6-2-7-13-17)18-14-8-3-9-15-18;;;/h1-15H;1H;;/q;;+1;/p-1. The third kappa shape index (κ3) is 3.35. The van der Waals surface area contributed by atoms with Gasteiger partial charge in [0.1, 0.15) is 0 Å². The van der Waals surface area contributed by atoms with Crippen molar-refractivity contribution in [3.05, 3.63) is 108 Å². The van der Waals surface area contributed by atoms with Crippen LogP contribution in [0.15, 0.2) is 91.0 Å². The molecule has 0 aliphatic carbocycles. The van der Waals surface area contributed by atoms with Crippen LogP contribution in [0, 0.1) is 0 Å². The number of hydrogen-bond donors (Lipinski definition) is 0. The average molecular weight is 493 g/mol. The van der Waals surface area contributed by atoms with Crippen molar-refractivity contribution in [1.82, 2.24) is 0 Å². The summed E-state index contributed by atoms with van der Waals surface area (Å²) in [5.74, 6) is 0. The molecule has 0 atom stereocenters.